The molecule has 0 atom stereocenters. The minimum absolute atomic E-state index is 0.104. The number of aromatic nitrogens is 1. The third kappa shape index (κ3) is 3.56. The summed E-state index contributed by atoms with van der Waals surface area (Å²) in [6.07, 6.45) is 1.30. The lowest BCUT2D eigenvalue weighted by atomic mass is 10.2. The maximum Gasteiger partial charge on any atom is 0.257 e. The first-order valence-corrected chi connectivity index (χ1v) is 7.44. The zero-order valence-corrected chi connectivity index (χ0v) is 11.9. The first-order valence-electron chi connectivity index (χ1n) is 5.96. The second kappa shape index (κ2) is 5.90. The van der Waals surface area contributed by atoms with Crippen molar-refractivity contribution >= 4 is 21.6 Å². The third-order valence-electron chi connectivity index (χ3n) is 2.74. The Hall–Kier alpha value is -2.45. The molecule has 1 aromatic heterocycles. The standard InChI is InChI=1S/C13H13N3O4S/c1-14-21(19,20)11-5-3-10(4-6-11)16-13(18)9-2-7-12(17)15-8-9/h2-8,14H,1H3,(H,15,17)(H,16,18). The number of carbonyl (C=O) groups is 1. The molecule has 0 aliphatic carbocycles. The second-order valence-corrected chi connectivity index (χ2v) is 6.01. The number of rotatable bonds is 4. The highest BCUT2D eigenvalue weighted by Gasteiger charge is 2.11. The lowest BCUT2D eigenvalue weighted by Gasteiger charge is -2.06. The van der Waals surface area contributed by atoms with Gasteiger partial charge in [0.05, 0.1) is 10.5 Å². The molecule has 110 valence electrons. The van der Waals surface area contributed by atoms with E-state index in [9.17, 15) is 18.0 Å². The van der Waals surface area contributed by atoms with Crippen molar-refractivity contribution < 1.29 is 13.2 Å². The molecular formula is C13H13N3O4S. The summed E-state index contributed by atoms with van der Waals surface area (Å²) in [5.41, 5.74) is 0.441. The van der Waals surface area contributed by atoms with Crippen LogP contribution in [0.2, 0.25) is 0 Å². The lowest BCUT2D eigenvalue weighted by Crippen LogP contribution is -2.18. The van der Waals surface area contributed by atoms with E-state index in [1.54, 1.807) is 0 Å². The van der Waals surface area contributed by atoms with Gasteiger partial charge < -0.3 is 10.3 Å². The largest absolute Gasteiger partial charge is 0.328 e. The van der Waals surface area contributed by atoms with Gasteiger partial charge in [-0.15, -0.1) is 0 Å². The number of carbonyl (C=O) groups excluding carboxylic acids is 1. The summed E-state index contributed by atoms with van der Waals surface area (Å²) in [6.45, 7) is 0. The van der Waals surface area contributed by atoms with Crippen molar-refractivity contribution in [2.75, 3.05) is 12.4 Å². The Balaban J connectivity index is 2.15. The van der Waals surface area contributed by atoms with Crippen LogP contribution in [0.5, 0.6) is 0 Å². The maximum absolute atomic E-state index is 11.9. The topological polar surface area (TPSA) is 108 Å². The minimum atomic E-state index is -3.50. The van der Waals surface area contributed by atoms with Crippen LogP contribution in [0.25, 0.3) is 0 Å². The van der Waals surface area contributed by atoms with E-state index in [0.29, 0.717) is 11.3 Å². The van der Waals surface area contributed by atoms with Crippen molar-refractivity contribution in [3.63, 3.8) is 0 Å². The van der Waals surface area contributed by atoms with E-state index in [1.165, 1.54) is 49.6 Å². The molecule has 2 aromatic rings. The summed E-state index contributed by atoms with van der Waals surface area (Å²) < 4.78 is 25.3. The molecule has 0 radical (unpaired) electrons. The molecule has 3 N–H and O–H groups in total. The van der Waals surface area contributed by atoms with Crippen LogP contribution in [0.1, 0.15) is 10.4 Å². The predicted molar refractivity (Wildman–Crippen MR) is 77.7 cm³/mol. The predicted octanol–water partition coefficient (Wildman–Crippen LogP) is 0.535. The number of hydrogen-bond acceptors (Lipinski definition) is 4. The van der Waals surface area contributed by atoms with E-state index in [0.717, 1.165) is 0 Å². The van der Waals surface area contributed by atoms with Gasteiger partial charge in [-0.1, -0.05) is 0 Å². The van der Waals surface area contributed by atoms with E-state index >= 15 is 0 Å². The fraction of sp³-hybridized carbons (Fsp3) is 0.0769. The second-order valence-electron chi connectivity index (χ2n) is 4.13. The van der Waals surface area contributed by atoms with Gasteiger partial charge in [-0.25, -0.2) is 13.1 Å². The van der Waals surface area contributed by atoms with Gasteiger partial charge in [-0.3, -0.25) is 9.59 Å². The Morgan fingerprint density at radius 1 is 1.10 bits per heavy atom. The van der Waals surface area contributed by atoms with Gasteiger partial charge in [0.15, 0.2) is 0 Å². The van der Waals surface area contributed by atoms with Crippen molar-refractivity contribution in [2.24, 2.45) is 0 Å². The van der Waals surface area contributed by atoms with E-state index in [2.05, 4.69) is 15.0 Å². The summed E-state index contributed by atoms with van der Waals surface area (Å²) in [4.78, 5) is 25.3. The van der Waals surface area contributed by atoms with Crippen LogP contribution in [-0.4, -0.2) is 26.4 Å². The smallest absolute Gasteiger partial charge is 0.257 e. The quantitative estimate of drug-likeness (QED) is 0.766. The molecule has 1 amide bonds. The van der Waals surface area contributed by atoms with Crippen molar-refractivity contribution in [1.82, 2.24) is 9.71 Å². The fourth-order valence-electron chi connectivity index (χ4n) is 1.59. The highest BCUT2D eigenvalue weighted by molar-refractivity contribution is 7.89. The minimum Gasteiger partial charge on any atom is -0.328 e. The van der Waals surface area contributed by atoms with Crippen molar-refractivity contribution in [2.45, 2.75) is 4.90 Å². The highest BCUT2D eigenvalue weighted by Crippen LogP contribution is 2.14. The normalized spacial score (nSPS) is 11.1. The lowest BCUT2D eigenvalue weighted by molar-refractivity contribution is 0.102. The number of pyridine rings is 1. The molecule has 2 rings (SSSR count). The average Bonchev–Trinajstić information content (AvgIpc) is 2.48. The first kappa shape index (κ1) is 14.9. The number of hydrogen-bond donors (Lipinski definition) is 3. The molecular weight excluding hydrogens is 294 g/mol. The van der Waals surface area contributed by atoms with Crippen LogP contribution in [-0.2, 0) is 10.0 Å². The SMILES string of the molecule is CNS(=O)(=O)c1ccc(NC(=O)c2ccc(=O)[nH]c2)cc1. The molecule has 0 saturated heterocycles. The van der Waals surface area contributed by atoms with Crippen LogP contribution in [0.3, 0.4) is 0 Å². The highest BCUT2D eigenvalue weighted by atomic mass is 32.2. The number of benzene rings is 1. The Labute approximate surface area is 121 Å². The van der Waals surface area contributed by atoms with Gasteiger partial charge in [0.1, 0.15) is 0 Å². The number of amides is 1. The number of aromatic amines is 1. The van der Waals surface area contributed by atoms with Gasteiger partial charge >= 0.3 is 0 Å². The molecule has 21 heavy (non-hydrogen) atoms. The number of H-pyrrole nitrogens is 1. The third-order valence-corrected chi connectivity index (χ3v) is 4.17. The summed E-state index contributed by atoms with van der Waals surface area (Å²) >= 11 is 0. The molecule has 8 heteroatoms. The monoisotopic (exact) mass is 307 g/mol. The summed E-state index contributed by atoms with van der Waals surface area (Å²) in [6, 6.07) is 8.37. The Morgan fingerprint density at radius 2 is 1.76 bits per heavy atom. The summed E-state index contributed by atoms with van der Waals surface area (Å²) in [7, 11) is -2.18. The number of anilines is 1. The van der Waals surface area contributed by atoms with Gasteiger partial charge in [0.25, 0.3) is 5.91 Å². The van der Waals surface area contributed by atoms with Crippen LogP contribution in [0, 0.1) is 0 Å². The molecule has 1 heterocycles. The van der Waals surface area contributed by atoms with E-state index in [-0.39, 0.29) is 10.5 Å². The van der Waals surface area contributed by atoms with Gasteiger partial charge in [0, 0.05) is 18.0 Å². The molecule has 1 aromatic carbocycles. The zero-order chi connectivity index (χ0) is 15.5. The maximum atomic E-state index is 11.9. The van der Waals surface area contributed by atoms with Crippen molar-refractivity contribution in [3.05, 3.63) is 58.5 Å². The Bertz CT molecular complexity index is 790. The molecule has 0 unspecified atom stereocenters. The van der Waals surface area contributed by atoms with Gasteiger partial charge in [-0.05, 0) is 37.4 Å². The summed E-state index contributed by atoms with van der Waals surface area (Å²) in [5.74, 6) is -0.407. The molecule has 0 spiro atoms. The molecule has 0 saturated carbocycles. The van der Waals surface area contributed by atoms with Gasteiger partial charge in [0.2, 0.25) is 15.6 Å². The summed E-state index contributed by atoms with van der Waals surface area (Å²) in [5, 5.41) is 2.60. The first-order chi connectivity index (χ1) is 9.92. The Morgan fingerprint density at radius 3 is 2.29 bits per heavy atom. The van der Waals surface area contributed by atoms with E-state index < -0.39 is 15.9 Å². The fourth-order valence-corrected chi connectivity index (χ4v) is 2.32. The number of sulfonamides is 1. The number of nitrogens with one attached hydrogen (secondary N) is 3. The van der Waals surface area contributed by atoms with E-state index in [4.69, 9.17) is 0 Å². The van der Waals surface area contributed by atoms with Crippen LogP contribution < -0.4 is 15.6 Å². The molecule has 0 bridgehead atoms. The average molecular weight is 307 g/mol. The van der Waals surface area contributed by atoms with Gasteiger partial charge in [-0.2, -0.15) is 0 Å². The van der Waals surface area contributed by atoms with Crippen LogP contribution in [0.15, 0.2) is 52.3 Å². The zero-order valence-electron chi connectivity index (χ0n) is 11.1. The molecule has 7 nitrogen and oxygen atoms in total. The molecule has 0 aliphatic rings. The van der Waals surface area contributed by atoms with Crippen molar-refractivity contribution in [1.29, 1.82) is 0 Å². The van der Waals surface area contributed by atoms with Crippen LogP contribution in [0.4, 0.5) is 5.69 Å². The van der Waals surface area contributed by atoms with Crippen molar-refractivity contribution in [3.8, 4) is 0 Å². The van der Waals surface area contributed by atoms with Crippen LogP contribution >= 0.6 is 0 Å². The molecule has 0 aliphatic heterocycles. The van der Waals surface area contributed by atoms with E-state index in [1.807, 2.05) is 0 Å². The molecule has 0 fully saturated rings. The Kier molecular flexibility index (Phi) is 4.20.